The summed E-state index contributed by atoms with van der Waals surface area (Å²) < 4.78 is 5.30. The number of benzene rings is 1. The van der Waals surface area contributed by atoms with Crippen LogP contribution in [0, 0.1) is 0 Å². The number of hydrogen-bond donors (Lipinski definition) is 2. The largest absolute Gasteiger partial charge is 0.496 e. The number of nitrogens with zero attached hydrogens (tertiary/aromatic N) is 2. The van der Waals surface area contributed by atoms with Crippen LogP contribution in [0.3, 0.4) is 0 Å². The third kappa shape index (κ3) is 6.06. The predicted octanol–water partition coefficient (Wildman–Crippen LogP) is 2.26. The molecule has 2 amide bonds. The van der Waals surface area contributed by atoms with Gasteiger partial charge in [-0.1, -0.05) is 31.2 Å². The van der Waals surface area contributed by atoms with Crippen molar-refractivity contribution in [3.05, 3.63) is 52.2 Å². The number of ether oxygens (including phenoxy) is 1. The molecule has 168 valence electrons. The van der Waals surface area contributed by atoms with Crippen LogP contribution >= 0.6 is 11.3 Å². The molecule has 2 aromatic rings. The van der Waals surface area contributed by atoms with Crippen molar-refractivity contribution in [3.8, 4) is 5.75 Å². The van der Waals surface area contributed by atoms with Gasteiger partial charge in [-0.25, -0.2) is 0 Å². The third-order valence-corrected chi connectivity index (χ3v) is 6.70. The molecule has 1 aliphatic heterocycles. The molecule has 1 aromatic heterocycles. The Morgan fingerprint density at radius 1 is 1.10 bits per heavy atom. The number of hydrogen-bond acceptors (Lipinski definition) is 6. The van der Waals surface area contributed by atoms with Crippen LogP contribution < -0.4 is 15.4 Å². The molecule has 0 unspecified atom stereocenters. The summed E-state index contributed by atoms with van der Waals surface area (Å²) in [5.41, 5.74) is 0.824. The number of para-hydroxylation sites is 1. The Labute approximate surface area is 188 Å². The molecule has 0 bridgehead atoms. The first-order chi connectivity index (χ1) is 15.0. The van der Waals surface area contributed by atoms with Gasteiger partial charge in [0.25, 0.3) is 0 Å². The van der Waals surface area contributed by atoms with Gasteiger partial charge in [0, 0.05) is 49.2 Å². The lowest BCUT2D eigenvalue weighted by Gasteiger charge is -2.41. The normalized spacial score (nSPS) is 17.0. The summed E-state index contributed by atoms with van der Waals surface area (Å²) in [5, 5.41) is 7.68. The second-order valence-corrected chi connectivity index (χ2v) is 8.67. The van der Waals surface area contributed by atoms with Gasteiger partial charge in [0.15, 0.2) is 0 Å². The fourth-order valence-electron chi connectivity index (χ4n) is 4.02. The molecule has 2 N–H and O–H groups in total. The molecule has 1 fully saturated rings. The van der Waals surface area contributed by atoms with E-state index in [1.54, 1.807) is 18.4 Å². The summed E-state index contributed by atoms with van der Waals surface area (Å²) in [6.45, 7) is 9.35. The van der Waals surface area contributed by atoms with E-state index in [0.29, 0.717) is 5.75 Å². The number of carbonyl (C=O) groups excluding carboxylic acids is 2. The number of amides is 2. The smallest absolute Gasteiger partial charge is 0.309 e. The summed E-state index contributed by atoms with van der Waals surface area (Å²) in [5.74, 6) is -0.574. The maximum absolute atomic E-state index is 12.6. The first-order valence-electron chi connectivity index (χ1n) is 10.7. The van der Waals surface area contributed by atoms with E-state index < -0.39 is 11.8 Å². The van der Waals surface area contributed by atoms with Crippen LogP contribution in [0.2, 0.25) is 0 Å². The van der Waals surface area contributed by atoms with Crippen molar-refractivity contribution >= 4 is 23.2 Å². The highest BCUT2D eigenvalue weighted by molar-refractivity contribution is 7.10. The third-order valence-electron chi connectivity index (χ3n) is 5.75. The van der Waals surface area contributed by atoms with E-state index in [2.05, 4.69) is 38.8 Å². The van der Waals surface area contributed by atoms with Crippen LogP contribution in [-0.2, 0) is 16.1 Å². The fourth-order valence-corrected chi connectivity index (χ4v) is 4.98. The molecule has 1 aromatic carbocycles. The van der Waals surface area contributed by atoms with Crippen molar-refractivity contribution in [2.24, 2.45) is 0 Å². The maximum atomic E-state index is 12.6. The average molecular weight is 445 g/mol. The lowest BCUT2D eigenvalue weighted by atomic mass is 10.0. The summed E-state index contributed by atoms with van der Waals surface area (Å²) in [7, 11) is 1.58. The molecule has 1 saturated heterocycles. The first kappa shape index (κ1) is 23.2. The molecule has 0 spiro atoms. The molecule has 7 nitrogen and oxygen atoms in total. The minimum atomic E-state index is -0.640. The molecule has 3 rings (SSSR count). The SMILES string of the molecule is CCN1CCN([C@@H](c2cccs2)[C@@H](C)NC(=O)C(=O)NCc2ccccc2OC)CC1. The molecule has 2 atom stereocenters. The van der Waals surface area contributed by atoms with Gasteiger partial charge >= 0.3 is 11.8 Å². The average Bonchev–Trinajstić information content (AvgIpc) is 3.32. The Balaban J connectivity index is 1.60. The maximum Gasteiger partial charge on any atom is 0.309 e. The molecule has 1 aliphatic rings. The van der Waals surface area contributed by atoms with Crippen LogP contribution in [0.1, 0.15) is 30.3 Å². The first-order valence-corrected chi connectivity index (χ1v) is 11.6. The number of thiophene rings is 1. The van der Waals surface area contributed by atoms with E-state index in [-0.39, 0.29) is 18.6 Å². The van der Waals surface area contributed by atoms with Gasteiger partial charge in [0.1, 0.15) is 5.75 Å². The monoisotopic (exact) mass is 444 g/mol. The van der Waals surface area contributed by atoms with Crippen molar-refractivity contribution in [2.45, 2.75) is 32.5 Å². The number of likely N-dealkylation sites (N-methyl/N-ethyl adjacent to an activating group) is 1. The molecular formula is C23H32N4O3S. The topological polar surface area (TPSA) is 73.9 Å². The molecule has 2 heterocycles. The summed E-state index contributed by atoms with van der Waals surface area (Å²) in [6.07, 6.45) is 0. The highest BCUT2D eigenvalue weighted by atomic mass is 32.1. The van der Waals surface area contributed by atoms with E-state index in [1.165, 1.54) is 4.88 Å². The van der Waals surface area contributed by atoms with Gasteiger partial charge in [-0.15, -0.1) is 11.3 Å². The van der Waals surface area contributed by atoms with Gasteiger partial charge in [-0.05, 0) is 31.0 Å². The lowest BCUT2D eigenvalue weighted by Crippen LogP contribution is -2.53. The minimum absolute atomic E-state index is 0.0463. The minimum Gasteiger partial charge on any atom is -0.496 e. The van der Waals surface area contributed by atoms with Gasteiger partial charge in [0.05, 0.1) is 13.2 Å². The zero-order chi connectivity index (χ0) is 22.2. The van der Waals surface area contributed by atoms with Crippen LogP contribution in [0.15, 0.2) is 41.8 Å². The molecule has 8 heteroatoms. The van der Waals surface area contributed by atoms with Crippen molar-refractivity contribution < 1.29 is 14.3 Å². The Hall–Kier alpha value is -2.42. The highest BCUT2D eigenvalue weighted by Gasteiger charge is 2.31. The number of piperazine rings is 1. The van der Waals surface area contributed by atoms with E-state index in [1.807, 2.05) is 37.3 Å². The van der Waals surface area contributed by atoms with Crippen LogP contribution in [0.5, 0.6) is 5.75 Å². The Morgan fingerprint density at radius 2 is 1.84 bits per heavy atom. The lowest BCUT2D eigenvalue weighted by molar-refractivity contribution is -0.140. The zero-order valence-electron chi connectivity index (χ0n) is 18.5. The van der Waals surface area contributed by atoms with E-state index in [0.717, 1.165) is 38.3 Å². The highest BCUT2D eigenvalue weighted by Crippen LogP contribution is 2.29. The summed E-state index contributed by atoms with van der Waals surface area (Å²) in [6, 6.07) is 11.4. The van der Waals surface area contributed by atoms with Crippen molar-refractivity contribution in [2.75, 3.05) is 39.8 Å². The quantitative estimate of drug-likeness (QED) is 0.611. The molecule has 31 heavy (non-hydrogen) atoms. The molecule has 0 radical (unpaired) electrons. The van der Waals surface area contributed by atoms with Gasteiger partial charge in [-0.3, -0.25) is 14.5 Å². The zero-order valence-corrected chi connectivity index (χ0v) is 19.3. The Bertz CT molecular complexity index is 850. The number of methoxy groups -OCH3 is 1. The predicted molar refractivity (Wildman–Crippen MR) is 123 cm³/mol. The standard InChI is InChI=1S/C23H32N4O3S/c1-4-26-11-13-27(14-12-26)21(20-10-7-15-31-20)17(2)25-23(29)22(28)24-16-18-8-5-6-9-19(18)30-3/h5-10,15,17,21H,4,11-14,16H2,1-3H3,(H,24,28)(H,25,29)/t17-,21-/m1/s1. The summed E-state index contributed by atoms with van der Waals surface area (Å²) in [4.78, 5) is 31.1. The second-order valence-electron chi connectivity index (χ2n) is 7.69. The number of carbonyl (C=O) groups is 2. The Morgan fingerprint density at radius 3 is 2.48 bits per heavy atom. The summed E-state index contributed by atoms with van der Waals surface area (Å²) >= 11 is 1.69. The van der Waals surface area contributed by atoms with E-state index in [9.17, 15) is 9.59 Å². The molecule has 0 aliphatic carbocycles. The van der Waals surface area contributed by atoms with Crippen molar-refractivity contribution in [1.29, 1.82) is 0 Å². The van der Waals surface area contributed by atoms with Gasteiger partial charge < -0.3 is 20.3 Å². The van der Waals surface area contributed by atoms with Gasteiger partial charge in [0.2, 0.25) is 0 Å². The van der Waals surface area contributed by atoms with Crippen LogP contribution in [0.25, 0.3) is 0 Å². The van der Waals surface area contributed by atoms with Crippen LogP contribution in [0.4, 0.5) is 0 Å². The molecule has 0 saturated carbocycles. The Kier molecular flexibility index (Phi) is 8.45. The van der Waals surface area contributed by atoms with Crippen molar-refractivity contribution in [1.82, 2.24) is 20.4 Å². The second kappa shape index (κ2) is 11.3. The van der Waals surface area contributed by atoms with Crippen molar-refractivity contribution in [3.63, 3.8) is 0 Å². The fraction of sp³-hybridized carbons (Fsp3) is 0.478. The molecular weight excluding hydrogens is 412 g/mol. The van der Waals surface area contributed by atoms with E-state index in [4.69, 9.17) is 4.74 Å². The number of nitrogens with one attached hydrogen (secondary N) is 2. The number of rotatable bonds is 8. The van der Waals surface area contributed by atoms with Crippen LogP contribution in [-0.4, -0.2) is 67.5 Å². The van der Waals surface area contributed by atoms with Gasteiger partial charge in [-0.2, -0.15) is 0 Å². The van der Waals surface area contributed by atoms with E-state index >= 15 is 0 Å².